The molecule has 1 atom stereocenters. The number of benzene rings is 2. The Morgan fingerprint density at radius 3 is 2.49 bits per heavy atom. The summed E-state index contributed by atoms with van der Waals surface area (Å²) in [5.74, 6) is -0.551. The predicted molar refractivity (Wildman–Crippen MR) is 148 cm³/mol. The molecule has 0 radical (unpaired) electrons. The van der Waals surface area contributed by atoms with E-state index in [1.54, 1.807) is 17.6 Å². The Bertz CT molecular complexity index is 1490. The van der Waals surface area contributed by atoms with Crippen LogP contribution in [0.4, 0.5) is 5.69 Å². The summed E-state index contributed by atoms with van der Waals surface area (Å²) in [4.78, 5) is 34.3. The Morgan fingerprint density at radius 1 is 1.14 bits per heavy atom. The second kappa shape index (κ2) is 11.9. The summed E-state index contributed by atoms with van der Waals surface area (Å²) >= 11 is 7.86. The third kappa shape index (κ3) is 5.56. The number of hydrogen-bond donors (Lipinski definition) is 0. The highest BCUT2D eigenvalue weighted by atomic mass is 35.5. The minimum Gasteiger partial charge on any atom is -0.460 e. The van der Waals surface area contributed by atoms with E-state index < -0.39 is 12.0 Å². The van der Waals surface area contributed by atoms with E-state index in [9.17, 15) is 9.59 Å². The zero-order chi connectivity index (χ0) is 26.5. The van der Waals surface area contributed by atoms with E-state index >= 15 is 0 Å². The monoisotopic (exact) mass is 539 g/mol. The maximum atomic E-state index is 13.8. The van der Waals surface area contributed by atoms with E-state index in [2.05, 4.69) is 35.9 Å². The van der Waals surface area contributed by atoms with E-state index in [1.807, 2.05) is 36.4 Å². The van der Waals surface area contributed by atoms with Crippen LogP contribution in [-0.4, -0.2) is 43.9 Å². The maximum absolute atomic E-state index is 13.8. The number of nitrogens with zero attached hydrogens (tertiary/aromatic N) is 3. The molecule has 0 saturated heterocycles. The van der Waals surface area contributed by atoms with Crippen molar-refractivity contribution in [3.05, 3.63) is 95.6 Å². The molecule has 0 fully saturated rings. The molecule has 2 heterocycles. The lowest BCUT2D eigenvalue weighted by Gasteiger charge is -2.25. The van der Waals surface area contributed by atoms with E-state index in [4.69, 9.17) is 21.1 Å². The number of anilines is 1. The number of esters is 1. The summed E-state index contributed by atoms with van der Waals surface area (Å²) < 4.78 is 12.5. The van der Waals surface area contributed by atoms with Crippen molar-refractivity contribution in [3.8, 4) is 0 Å². The van der Waals surface area contributed by atoms with Crippen LogP contribution in [0.3, 0.4) is 0 Å². The highest BCUT2D eigenvalue weighted by molar-refractivity contribution is 7.07. The molecule has 0 bridgehead atoms. The van der Waals surface area contributed by atoms with Gasteiger partial charge in [-0.05, 0) is 56.2 Å². The fourth-order valence-corrected chi connectivity index (χ4v) is 5.68. The fourth-order valence-electron chi connectivity index (χ4n) is 4.39. The van der Waals surface area contributed by atoms with Gasteiger partial charge in [0.15, 0.2) is 4.80 Å². The van der Waals surface area contributed by atoms with Crippen molar-refractivity contribution in [1.82, 2.24) is 4.57 Å². The molecule has 0 N–H and O–H groups in total. The van der Waals surface area contributed by atoms with Crippen LogP contribution in [0.15, 0.2) is 69.6 Å². The molecule has 0 spiro atoms. The average molecular weight is 540 g/mol. The Morgan fingerprint density at radius 2 is 1.84 bits per heavy atom. The normalized spacial score (nSPS) is 15.4. The lowest BCUT2D eigenvalue weighted by atomic mass is 9.96. The molecule has 0 amide bonds. The Hall–Kier alpha value is -3.20. The molecule has 1 aliphatic heterocycles. The molecular weight excluding hydrogens is 510 g/mol. The molecule has 0 unspecified atom stereocenters. The first-order chi connectivity index (χ1) is 17.9. The van der Waals surface area contributed by atoms with Gasteiger partial charge in [-0.15, -0.1) is 0 Å². The molecule has 194 valence electrons. The number of rotatable bonds is 9. The van der Waals surface area contributed by atoms with Gasteiger partial charge >= 0.3 is 5.97 Å². The van der Waals surface area contributed by atoms with E-state index in [0.717, 1.165) is 24.3 Å². The Labute approximate surface area is 224 Å². The van der Waals surface area contributed by atoms with Gasteiger partial charge < -0.3 is 14.4 Å². The number of thiazole rings is 1. The summed E-state index contributed by atoms with van der Waals surface area (Å²) in [6.45, 7) is 8.20. The first-order valence-corrected chi connectivity index (χ1v) is 13.4. The number of halogens is 1. The largest absolute Gasteiger partial charge is 0.460 e. The molecule has 2 aromatic carbocycles. The van der Waals surface area contributed by atoms with Crippen molar-refractivity contribution in [3.63, 3.8) is 0 Å². The van der Waals surface area contributed by atoms with E-state index in [-0.39, 0.29) is 24.3 Å². The lowest BCUT2D eigenvalue weighted by molar-refractivity contribution is -0.140. The molecule has 1 aliphatic rings. The van der Waals surface area contributed by atoms with Crippen LogP contribution in [0.1, 0.15) is 37.9 Å². The van der Waals surface area contributed by atoms with Crippen molar-refractivity contribution >= 4 is 40.7 Å². The molecule has 7 nitrogen and oxygen atoms in total. The SMILES string of the molecule is CCN(CC)c1ccc(/C=c2\sc3n(c2=O)[C@H](c2ccccc2Cl)C(C(=O)OCCOC)=C(C)N=3)cc1. The number of hydrogen-bond acceptors (Lipinski definition) is 7. The molecule has 1 aromatic heterocycles. The lowest BCUT2D eigenvalue weighted by Crippen LogP contribution is -2.40. The highest BCUT2D eigenvalue weighted by Gasteiger charge is 2.34. The topological polar surface area (TPSA) is 73.1 Å². The molecule has 9 heteroatoms. The summed E-state index contributed by atoms with van der Waals surface area (Å²) in [5.41, 5.74) is 3.21. The van der Waals surface area contributed by atoms with Crippen molar-refractivity contribution in [2.75, 3.05) is 38.3 Å². The van der Waals surface area contributed by atoms with Gasteiger partial charge in [-0.3, -0.25) is 9.36 Å². The zero-order valence-electron chi connectivity index (χ0n) is 21.4. The minimum atomic E-state index is -0.757. The standard InChI is InChI=1S/C28H30ClN3O4S/c1-5-31(6-2)20-13-11-19(12-14-20)17-23-26(33)32-25(21-9-7-8-10-22(21)29)24(18(3)30-28(32)37-23)27(34)36-16-15-35-4/h7-14,17,25H,5-6,15-16H2,1-4H3/b23-17-/t25-/m1/s1. The van der Waals surface area contributed by atoms with Crippen LogP contribution < -0.4 is 19.8 Å². The van der Waals surface area contributed by atoms with Crippen LogP contribution in [0.25, 0.3) is 6.08 Å². The van der Waals surface area contributed by atoms with Crippen LogP contribution in [0.5, 0.6) is 0 Å². The summed E-state index contributed by atoms with van der Waals surface area (Å²) in [7, 11) is 1.53. The molecule has 0 saturated carbocycles. The van der Waals surface area contributed by atoms with Crippen LogP contribution >= 0.6 is 22.9 Å². The van der Waals surface area contributed by atoms with Gasteiger partial charge in [-0.25, -0.2) is 9.79 Å². The molecule has 4 rings (SSSR count). The van der Waals surface area contributed by atoms with Crippen molar-refractivity contribution in [2.24, 2.45) is 4.99 Å². The highest BCUT2D eigenvalue weighted by Crippen LogP contribution is 2.34. The second-order valence-corrected chi connectivity index (χ2v) is 9.91. The first-order valence-electron chi connectivity index (χ1n) is 12.2. The number of aromatic nitrogens is 1. The number of carbonyl (C=O) groups is 1. The number of carbonyl (C=O) groups excluding carboxylic acids is 1. The first kappa shape index (κ1) is 26.9. The Kier molecular flexibility index (Phi) is 8.63. The third-order valence-electron chi connectivity index (χ3n) is 6.28. The van der Waals surface area contributed by atoms with Gasteiger partial charge in [-0.1, -0.05) is 53.3 Å². The molecule has 0 aliphatic carbocycles. The summed E-state index contributed by atoms with van der Waals surface area (Å²) in [6.07, 6.45) is 1.86. The zero-order valence-corrected chi connectivity index (χ0v) is 22.9. The van der Waals surface area contributed by atoms with Gasteiger partial charge in [0.05, 0.1) is 22.4 Å². The third-order valence-corrected chi connectivity index (χ3v) is 7.61. The summed E-state index contributed by atoms with van der Waals surface area (Å²) in [6, 6.07) is 14.6. The quantitative estimate of drug-likeness (QED) is 0.304. The van der Waals surface area contributed by atoms with E-state index in [1.165, 1.54) is 18.4 Å². The van der Waals surface area contributed by atoms with Gasteiger partial charge in [0.1, 0.15) is 12.6 Å². The van der Waals surface area contributed by atoms with Crippen LogP contribution in [-0.2, 0) is 14.3 Å². The van der Waals surface area contributed by atoms with Crippen LogP contribution in [0, 0.1) is 0 Å². The van der Waals surface area contributed by atoms with Crippen molar-refractivity contribution < 1.29 is 14.3 Å². The van der Waals surface area contributed by atoms with Gasteiger partial charge in [0, 0.05) is 30.9 Å². The number of fused-ring (bicyclic) bond motifs is 1. The van der Waals surface area contributed by atoms with Gasteiger partial charge in [-0.2, -0.15) is 0 Å². The number of allylic oxidation sites excluding steroid dienone is 1. The minimum absolute atomic E-state index is 0.0925. The van der Waals surface area contributed by atoms with Gasteiger partial charge in [0.25, 0.3) is 5.56 Å². The van der Waals surface area contributed by atoms with Crippen molar-refractivity contribution in [1.29, 1.82) is 0 Å². The molecular formula is C28H30ClN3O4S. The Balaban J connectivity index is 1.82. The number of ether oxygens (including phenoxy) is 2. The maximum Gasteiger partial charge on any atom is 0.338 e. The predicted octanol–water partition coefficient (Wildman–Crippen LogP) is 3.92. The second-order valence-electron chi connectivity index (χ2n) is 8.50. The number of methoxy groups -OCH3 is 1. The smallest absolute Gasteiger partial charge is 0.338 e. The van der Waals surface area contributed by atoms with Crippen LogP contribution in [0.2, 0.25) is 5.02 Å². The molecule has 37 heavy (non-hydrogen) atoms. The molecule has 3 aromatic rings. The fraction of sp³-hybridized carbons (Fsp3) is 0.321. The average Bonchev–Trinajstić information content (AvgIpc) is 3.19. The van der Waals surface area contributed by atoms with E-state index in [0.29, 0.717) is 25.6 Å². The van der Waals surface area contributed by atoms with Crippen molar-refractivity contribution in [2.45, 2.75) is 26.8 Å². The van der Waals surface area contributed by atoms with Gasteiger partial charge in [0.2, 0.25) is 0 Å². The summed E-state index contributed by atoms with van der Waals surface area (Å²) in [5, 5.41) is 0.450.